The predicted octanol–water partition coefficient (Wildman–Crippen LogP) is 3.74. The van der Waals surface area contributed by atoms with Crippen LogP contribution in [0.5, 0.6) is 0 Å². The highest BCUT2D eigenvalue weighted by Crippen LogP contribution is 2.31. The molecule has 0 spiro atoms. The highest BCUT2D eigenvalue weighted by Gasteiger charge is 2.36. The Morgan fingerprint density at radius 1 is 0.846 bits per heavy atom. The van der Waals surface area contributed by atoms with Gasteiger partial charge < -0.3 is 0 Å². The number of carbonyl (C=O) groups is 1. The Morgan fingerprint density at radius 3 is 2.19 bits per heavy atom. The monoisotopic (exact) mass is 339 g/mol. The summed E-state index contributed by atoms with van der Waals surface area (Å²) in [6.45, 7) is 2.09. The molecule has 3 aromatic rings. The van der Waals surface area contributed by atoms with Crippen LogP contribution < -0.4 is 10.6 Å². The van der Waals surface area contributed by atoms with Crippen molar-refractivity contribution < 1.29 is 4.79 Å². The maximum absolute atomic E-state index is 13.3. The van der Waals surface area contributed by atoms with Crippen LogP contribution in [-0.4, -0.2) is 11.3 Å². The number of benzene rings is 3. The van der Waals surface area contributed by atoms with Gasteiger partial charge in [-0.05, 0) is 31.4 Å². The van der Waals surface area contributed by atoms with Gasteiger partial charge in [-0.1, -0.05) is 78.9 Å². The smallest absolute Gasteiger partial charge is 0.192 e. The Hall–Kier alpha value is -3.00. The van der Waals surface area contributed by atoms with E-state index in [4.69, 9.17) is 4.99 Å². The van der Waals surface area contributed by atoms with Crippen LogP contribution in [0.2, 0.25) is 0 Å². The highest BCUT2D eigenvalue weighted by molar-refractivity contribution is 6.26. The SMILES string of the molecule is CC1(CCc2ccccc2)N=c2ccccc2=C1C(=O)c1ccccc1. The molecule has 0 aromatic heterocycles. The van der Waals surface area contributed by atoms with Crippen LogP contribution in [0.15, 0.2) is 89.9 Å². The number of hydrogen-bond acceptors (Lipinski definition) is 2. The van der Waals surface area contributed by atoms with Crippen molar-refractivity contribution in [3.63, 3.8) is 0 Å². The van der Waals surface area contributed by atoms with Crippen molar-refractivity contribution >= 4 is 11.4 Å². The number of fused-ring (bicyclic) bond motifs is 1. The molecule has 26 heavy (non-hydrogen) atoms. The quantitative estimate of drug-likeness (QED) is 0.651. The molecule has 0 fully saturated rings. The molecule has 0 amide bonds. The second kappa shape index (κ2) is 6.72. The number of nitrogens with zero attached hydrogens (tertiary/aromatic N) is 1. The summed E-state index contributed by atoms with van der Waals surface area (Å²) in [5.74, 6) is 0.0786. The number of para-hydroxylation sites is 1. The topological polar surface area (TPSA) is 29.4 Å². The lowest BCUT2D eigenvalue weighted by Gasteiger charge is -2.25. The maximum atomic E-state index is 13.3. The first-order valence-corrected chi connectivity index (χ1v) is 9.01. The minimum atomic E-state index is -0.507. The van der Waals surface area contributed by atoms with Crippen LogP contribution in [0.1, 0.15) is 29.3 Å². The molecule has 3 aromatic carbocycles. The fourth-order valence-electron chi connectivity index (χ4n) is 3.71. The van der Waals surface area contributed by atoms with Crippen LogP contribution in [0.4, 0.5) is 0 Å². The van der Waals surface area contributed by atoms with E-state index in [-0.39, 0.29) is 5.78 Å². The minimum absolute atomic E-state index is 0.0786. The first kappa shape index (κ1) is 16.5. The van der Waals surface area contributed by atoms with E-state index in [1.807, 2.05) is 60.7 Å². The highest BCUT2D eigenvalue weighted by atomic mass is 16.1. The third-order valence-electron chi connectivity index (χ3n) is 5.09. The number of rotatable bonds is 5. The molecule has 0 N–H and O–H groups in total. The number of hydrogen-bond donors (Lipinski definition) is 0. The zero-order valence-electron chi connectivity index (χ0n) is 14.9. The lowest BCUT2D eigenvalue weighted by molar-refractivity contribution is 0.104. The number of ketones is 1. The Bertz CT molecular complexity index is 1050. The van der Waals surface area contributed by atoms with E-state index in [0.29, 0.717) is 0 Å². The normalized spacial score (nSPS) is 18.3. The van der Waals surface area contributed by atoms with E-state index in [1.165, 1.54) is 5.56 Å². The fraction of sp³-hybridized carbons (Fsp3) is 0.167. The third kappa shape index (κ3) is 2.99. The molecule has 4 rings (SSSR count). The van der Waals surface area contributed by atoms with Crippen LogP contribution in [0, 0.1) is 0 Å². The van der Waals surface area contributed by atoms with Gasteiger partial charge in [-0.15, -0.1) is 0 Å². The Kier molecular flexibility index (Phi) is 4.26. The molecular weight excluding hydrogens is 318 g/mol. The van der Waals surface area contributed by atoms with Crippen LogP contribution >= 0.6 is 0 Å². The molecule has 0 saturated heterocycles. The second-order valence-electron chi connectivity index (χ2n) is 6.96. The Morgan fingerprint density at radius 2 is 1.46 bits per heavy atom. The van der Waals surface area contributed by atoms with Gasteiger partial charge in [0, 0.05) is 16.4 Å². The summed E-state index contributed by atoms with van der Waals surface area (Å²) in [4.78, 5) is 18.3. The summed E-state index contributed by atoms with van der Waals surface area (Å²) < 4.78 is 0. The summed E-state index contributed by atoms with van der Waals surface area (Å²) >= 11 is 0. The standard InChI is InChI=1S/C24H21NO/c1-24(17-16-18-10-4-2-5-11-18)22(20-14-8-9-15-21(20)25-24)23(26)19-12-6-3-7-13-19/h2-15H,16-17H2,1H3. The van der Waals surface area contributed by atoms with Gasteiger partial charge in [-0.3, -0.25) is 9.79 Å². The van der Waals surface area contributed by atoms with Crippen LogP contribution in [0.3, 0.4) is 0 Å². The molecule has 1 aliphatic rings. The number of aryl methyl sites for hydroxylation is 1. The molecule has 0 aliphatic carbocycles. The van der Waals surface area contributed by atoms with Crippen LogP contribution in [-0.2, 0) is 6.42 Å². The van der Waals surface area contributed by atoms with Gasteiger partial charge in [-0.2, -0.15) is 0 Å². The van der Waals surface area contributed by atoms with Gasteiger partial charge >= 0.3 is 0 Å². The zero-order chi connectivity index (χ0) is 18.0. The van der Waals surface area contributed by atoms with Crippen molar-refractivity contribution in [1.82, 2.24) is 0 Å². The van der Waals surface area contributed by atoms with Crippen LogP contribution in [0.25, 0.3) is 5.57 Å². The van der Waals surface area contributed by atoms with Gasteiger partial charge in [0.05, 0.1) is 10.9 Å². The summed E-state index contributed by atoms with van der Waals surface area (Å²) in [7, 11) is 0. The minimum Gasteiger partial charge on any atom is -0.289 e. The molecule has 0 saturated carbocycles. The Labute approximate surface area is 153 Å². The average molecular weight is 339 g/mol. The summed E-state index contributed by atoms with van der Waals surface area (Å²) in [5.41, 5.74) is 2.30. The predicted molar refractivity (Wildman–Crippen MR) is 105 cm³/mol. The molecule has 2 nitrogen and oxygen atoms in total. The first-order chi connectivity index (χ1) is 12.7. The Balaban J connectivity index is 1.77. The molecular formula is C24H21NO. The molecule has 2 heteroatoms. The first-order valence-electron chi connectivity index (χ1n) is 9.01. The molecule has 128 valence electrons. The van der Waals surface area contributed by atoms with Crippen molar-refractivity contribution in [2.45, 2.75) is 25.3 Å². The molecule has 1 heterocycles. The van der Waals surface area contributed by atoms with E-state index in [9.17, 15) is 4.79 Å². The lowest BCUT2D eigenvalue weighted by Crippen LogP contribution is -2.31. The van der Waals surface area contributed by atoms with E-state index in [1.54, 1.807) is 0 Å². The van der Waals surface area contributed by atoms with Gasteiger partial charge in [-0.25, -0.2) is 0 Å². The third-order valence-corrected chi connectivity index (χ3v) is 5.09. The van der Waals surface area contributed by atoms with Gasteiger partial charge in [0.2, 0.25) is 0 Å². The van der Waals surface area contributed by atoms with Gasteiger partial charge in [0.15, 0.2) is 5.78 Å². The number of carbonyl (C=O) groups excluding carboxylic acids is 1. The summed E-state index contributed by atoms with van der Waals surface area (Å²) in [6.07, 6.45) is 1.69. The molecule has 0 radical (unpaired) electrons. The zero-order valence-corrected chi connectivity index (χ0v) is 14.9. The maximum Gasteiger partial charge on any atom is 0.192 e. The summed E-state index contributed by atoms with van der Waals surface area (Å²) in [5, 5.41) is 1.89. The van der Waals surface area contributed by atoms with Gasteiger partial charge in [0.1, 0.15) is 0 Å². The van der Waals surface area contributed by atoms with E-state index in [2.05, 4.69) is 31.2 Å². The van der Waals surface area contributed by atoms with Crippen molar-refractivity contribution in [2.24, 2.45) is 4.99 Å². The summed E-state index contributed by atoms with van der Waals surface area (Å²) in [6, 6.07) is 27.9. The molecule has 1 atom stereocenters. The molecule has 1 unspecified atom stereocenters. The van der Waals surface area contributed by atoms with E-state index >= 15 is 0 Å². The average Bonchev–Trinajstić information content (AvgIpc) is 2.99. The lowest BCUT2D eigenvalue weighted by atomic mass is 9.82. The molecule has 1 aliphatic heterocycles. The fourth-order valence-corrected chi connectivity index (χ4v) is 3.71. The van der Waals surface area contributed by atoms with Crippen molar-refractivity contribution in [3.8, 4) is 0 Å². The van der Waals surface area contributed by atoms with Crippen molar-refractivity contribution in [1.29, 1.82) is 0 Å². The van der Waals surface area contributed by atoms with Crippen molar-refractivity contribution in [3.05, 3.63) is 107 Å². The number of Topliss-reactive ketones (excluding diaryl/α,β-unsaturated/α-hetero) is 1. The van der Waals surface area contributed by atoms with E-state index in [0.717, 1.165) is 34.6 Å². The second-order valence-corrected chi connectivity index (χ2v) is 6.96. The largest absolute Gasteiger partial charge is 0.289 e. The molecule has 0 bridgehead atoms. The van der Waals surface area contributed by atoms with E-state index < -0.39 is 5.54 Å². The van der Waals surface area contributed by atoms with Crippen molar-refractivity contribution in [2.75, 3.05) is 0 Å². The van der Waals surface area contributed by atoms with Gasteiger partial charge in [0.25, 0.3) is 0 Å².